The van der Waals surface area contributed by atoms with Crippen LogP contribution in [0.15, 0.2) is 0 Å². The first kappa shape index (κ1) is 12.6. The Kier molecular flexibility index (Phi) is 4.84. The first-order chi connectivity index (χ1) is 4.75. The quantitative estimate of drug-likeness (QED) is 0.466. The van der Waals surface area contributed by atoms with Crippen LogP contribution >= 0.6 is 67.8 Å². The van der Waals surface area contributed by atoms with Crippen molar-refractivity contribution < 1.29 is 15.0 Å². The topological polar surface area (TPSA) is 57.5 Å². The molecule has 0 saturated carbocycles. The molecule has 6 heteroatoms. The predicted molar refractivity (Wildman–Crippen MR) is 67.7 cm³/mol. The Morgan fingerprint density at radius 1 is 1.45 bits per heavy atom. The Labute approximate surface area is 106 Å². The number of carbonyl (C=O) groups is 1. The summed E-state index contributed by atoms with van der Waals surface area (Å²) in [6.07, 6.45) is 0.206. The molecule has 3 nitrogen and oxygen atoms in total. The standard InChI is InChI=1S/C5H7I3O3/c1-2-4(11,3(9)10)5(6,7)8/h11H,2H2,1H3,(H,9,10). The van der Waals surface area contributed by atoms with E-state index in [1.807, 2.05) is 67.8 Å². The highest BCUT2D eigenvalue weighted by Crippen LogP contribution is 2.47. The van der Waals surface area contributed by atoms with Gasteiger partial charge in [0.25, 0.3) is 0 Å². The van der Waals surface area contributed by atoms with E-state index in [2.05, 4.69) is 0 Å². The van der Waals surface area contributed by atoms with E-state index in [-0.39, 0.29) is 6.42 Å². The lowest BCUT2D eigenvalue weighted by molar-refractivity contribution is -0.156. The lowest BCUT2D eigenvalue weighted by Crippen LogP contribution is -2.48. The number of halogens is 3. The number of alkyl halides is 3. The Bertz CT molecular complexity index is 165. The second kappa shape index (κ2) is 4.22. The van der Waals surface area contributed by atoms with E-state index in [0.717, 1.165) is 0 Å². The molecule has 11 heavy (non-hydrogen) atoms. The van der Waals surface area contributed by atoms with Gasteiger partial charge in [0.05, 0.1) is 0 Å². The van der Waals surface area contributed by atoms with E-state index >= 15 is 0 Å². The van der Waals surface area contributed by atoms with Crippen LogP contribution in [0.2, 0.25) is 0 Å². The van der Waals surface area contributed by atoms with E-state index in [0.29, 0.717) is 0 Å². The van der Waals surface area contributed by atoms with Crippen LogP contribution in [0, 0.1) is 0 Å². The smallest absolute Gasteiger partial charge is 0.338 e. The zero-order valence-electron chi connectivity index (χ0n) is 5.64. The molecule has 0 aliphatic carbocycles. The maximum atomic E-state index is 10.6. The Hall–Kier alpha value is 1.62. The summed E-state index contributed by atoms with van der Waals surface area (Å²) in [5, 5.41) is 18.3. The predicted octanol–water partition coefficient (Wildman–Crippen LogP) is 2.17. The van der Waals surface area contributed by atoms with Gasteiger partial charge in [-0.25, -0.2) is 4.79 Å². The average Bonchev–Trinajstić information content (AvgIpc) is 1.83. The molecular formula is C5H7I3O3. The maximum Gasteiger partial charge on any atom is 0.338 e. The second-order valence-corrected chi connectivity index (χ2v) is 13.1. The van der Waals surface area contributed by atoms with Gasteiger partial charge in [-0.05, 0) is 6.42 Å². The highest BCUT2D eigenvalue weighted by atomic mass is 127. The van der Waals surface area contributed by atoms with Crippen LogP contribution in [0.5, 0.6) is 0 Å². The Morgan fingerprint density at radius 3 is 1.82 bits per heavy atom. The molecule has 1 atom stereocenters. The molecule has 0 aliphatic heterocycles. The lowest BCUT2D eigenvalue weighted by Gasteiger charge is -2.30. The van der Waals surface area contributed by atoms with Crippen LogP contribution in [0.3, 0.4) is 0 Å². The number of aliphatic carboxylic acids is 1. The lowest BCUT2D eigenvalue weighted by atomic mass is 10.1. The summed E-state index contributed by atoms with van der Waals surface area (Å²) in [6.45, 7) is 1.65. The van der Waals surface area contributed by atoms with Gasteiger partial charge in [0.1, 0.15) is 0 Å². The van der Waals surface area contributed by atoms with Gasteiger partial charge in [-0.3, -0.25) is 0 Å². The van der Waals surface area contributed by atoms with Crippen molar-refractivity contribution in [3.63, 3.8) is 0 Å². The molecule has 0 radical (unpaired) electrons. The SMILES string of the molecule is CCC(O)(C(=O)O)C(I)(I)I. The van der Waals surface area contributed by atoms with Crippen LogP contribution in [0.25, 0.3) is 0 Å². The molecular weight excluding hydrogens is 489 g/mol. The van der Waals surface area contributed by atoms with Crippen molar-refractivity contribution in [1.29, 1.82) is 0 Å². The third-order valence-electron chi connectivity index (χ3n) is 1.33. The Balaban J connectivity index is 4.75. The number of hydrogen-bond donors (Lipinski definition) is 2. The highest BCUT2D eigenvalue weighted by Gasteiger charge is 2.50. The number of aliphatic hydroxyl groups is 1. The van der Waals surface area contributed by atoms with Crippen molar-refractivity contribution in [3.8, 4) is 0 Å². The molecule has 1 unspecified atom stereocenters. The zero-order valence-corrected chi connectivity index (χ0v) is 12.1. The van der Waals surface area contributed by atoms with E-state index in [1.165, 1.54) is 0 Å². The molecule has 0 aromatic carbocycles. The number of hydrogen-bond acceptors (Lipinski definition) is 2. The largest absolute Gasteiger partial charge is 0.479 e. The fourth-order valence-electron chi connectivity index (χ4n) is 0.473. The Morgan fingerprint density at radius 2 is 1.82 bits per heavy atom. The summed E-state index contributed by atoms with van der Waals surface area (Å²) in [5.74, 6) is -1.17. The van der Waals surface area contributed by atoms with E-state index in [1.54, 1.807) is 6.92 Å². The summed E-state index contributed by atoms with van der Waals surface area (Å²) in [6, 6.07) is 0. The number of carboxylic acid groups (broad SMARTS) is 1. The molecule has 0 rings (SSSR count). The van der Waals surface area contributed by atoms with E-state index in [9.17, 15) is 9.90 Å². The van der Waals surface area contributed by atoms with Crippen molar-refractivity contribution in [1.82, 2.24) is 0 Å². The minimum absolute atomic E-state index is 0.206. The summed E-state index contributed by atoms with van der Waals surface area (Å²) in [5.41, 5.74) is -1.64. The molecule has 0 bridgehead atoms. The van der Waals surface area contributed by atoms with Gasteiger partial charge in [-0.15, -0.1) is 0 Å². The molecule has 0 aliphatic rings. The third-order valence-corrected chi connectivity index (χ3v) is 4.01. The molecule has 0 aromatic rings. The van der Waals surface area contributed by atoms with Gasteiger partial charge in [0, 0.05) is 0 Å². The second-order valence-electron chi connectivity index (χ2n) is 2.02. The van der Waals surface area contributed by atoms with Crippen molar-refractivity contribution in [2.24, 2.45) is 0 Å². The van der Waals surface area contributed by atoms with Crippen molar-refractivity contribution in [2.45, 2.75) is 18.4 Å². The highest BCUT2D eigenvalue weighted by molar-refractivity contribution is 14.3. The number of rotatable bonds is 3. The van der Waals surface area contributed by atoms with Gasteiger partial charge in [0.2, 0.25) is 0 Å². The van der Waals surface area contributed by atoms with Crippen molar-refractivity contribution in [2.75, 3.05) is 0 Å². The fourth-order valence-corrected chi connectivity index (χ4v) is 2.31. The van der Waals surface area contributed by atoms with Crippen LogP contribution < -0.4 is 0 Å². The first-order valence-electron chi connectivity index (χ1n) is 2.78. The average molecular weight is 496 g/mol. The van der Waals surface area contributed by atoms with Gasteiger partial charge in [-0.1, -0.05) is 74.7 Å². The molecule has 2 N–H and O–H groups in total. The van der Waals surface area contributed by atoms with E-state index < -0.39 is 11.0 Å². The van der Waals surface area contributed by atoms with Gasteiger partial charge >= 0.3 is 5.97 Å². The number of carboxylic acids is 1. The molecule has 0 amide bonds. The third kappa shape index (κ3) is 2.79. The molecule has 0 saturated heterocycles. The zero-order chi connectivity index (χ0) is 9.28. The van der Waals surface area contributed by atoms with Gasteiger partial charge in [-0.2, -0.15) is 0 Å². The minimum atomic E-state index is -1.64. The molecule has 0 aromatic heterocycles. The fraction of sp³-hybridized carbons (Fsp3) is 0.800. The molecule has 0 fully saturated rings. The van der Waals surface area contributed by atoms with Crippen LogP contribution in [-0.4, -0.2) is 21.2 Å². The van der Waals surface area contributed by atoms with Gasteiger partial charge in [0.15, 0.2) is 5.04 Å². The first-order valence-corrected chi connectivity index (χ1v) is 6.02. The molecule has 0 heterocycles. The van der Waals surface area contributed by atoms with Crippen molar-refractivity contribution >= 4 is 73.7 Å². The van der Waals surface area contributed by atoms with Crippen LogP contribution in [0.4, 0.5) is 0 Å². The monoisotopic (exact) mass is 496 g/mol. The van der Waals surface area contributed by atoms with E-state index in [4.69, 9.17) is 5.11 Å². The molecule has 0 spiro atoms. The van der Waals surface area contributed by atoms with Crippen LogP contribution in [-0.2, 0) is 4.79 Å². The molecule has 66 valence electrons. The minimum Gasteiger partial charge on any atom is -0.479 e. The van der Waals surface area contributed by atoms with Crippen LogP contribution in [0.1, 0.15) is 13.3 Å². The van der Waals surface area contributed by atoms with Crippen molar-refractivity contribution in [3.05, 3.63) is 0 Å². The van der Waals surface area contributed by atoms with Gasteiger partial charge < -0.3 is 10.2 Å². The summed E-state index contributed by atoms with van der Waals surface area (Å²) >= 11 is 5.74. The summed E-state index contributed by atoms with van der Waals surface area (Å²) in [4.78, 5) is 10.6. The maximum absolute atomic E-state index is 10.6. The normalized spacial score (nSPS) is 17.5. The summed E-state index contributed by atoms with van der Waals surface area (Å²) in [7, 11) is 0. The summed E-state index contributed by atoms with van der Waals surface area (Å²) < 4.78 is -0.707.